The Hall–Kier alpha value is -3.20. The summed E-state index contributed by atoms with van der Waals surface area (Å²) in [6.45, 7) is 5.32. The van der Waals surface area contributed by atoms with Crippen molar-refractivity contribution >= 4 is 21.7 Å². The number of aromatic nitrogens is 2. The number of carbonyl (C=O) groups excluding carboxylic acids is 1. The Kier molecular flexibility index (Phi) is 6.51. The molecule has 0 atom stereocenters. The third-order valence-corrected chi connectivity index (χ3v) is 5.84. The van der Waals surface area contributed by atoms with Gasteiger partial charge in [0.05, 0.1) is 16.1 Å². The highest BCUT2D eigenvalue weighted by molar-refractivity contribution is 7.92. The molecule has 1 aromatic heterocycles. The molecule has 0 amide bonds. The van der Waals surface area contributed by atoms with Gasteiger partial charge in [0.1, 0.15) is 0 Å². The number of hydrogen-bond donors (Lipinski definition) is 1. The van der Waals surface area contributed by atoms with Gasteiger partial charge < -0.3 is 9.26 Å². The summed E-state index contributed by atoms with van der Waals surface area (Å²) in [6.07, 6.45) is 1.53. The minimum absolute atomic E-state index is 0.0830. The first-order valence-corrected chi connectivity index (χ1v) is 11.0. The smallest absolute Gasteiger partial charge is 0.340 e. The number of ether oxygens (including phenoxy) is 1. The van der Waals surface area contributed by atoms with Gasteiger partial charge in [-0.25, -0.2) is 13.2 Å². The molecule has 0 unspecified atom stereocenters. The van der Waals surface area contributed by atoms with E-state index in [1.165, 1.54) is 12.1 Å². The summed E-state index contributed by atoms with van der Waals surface area (Å²) in [5, 5.41) is 3.80. The fourth-order valence-electron chi connectivity index (χ4n) is 2.83. The second kappa shape index (κ2) is 9.08. The van der Waals surface area contributed by atoms with Gasteiger partial charge in [0.25, 0.3) is 15.9 Å². The minimum Gasteiger partial charge on any atom is -0.452 e. The van der Waals surface area contributed by atoms with Gasteiger partial charge in [-0.1, -0.05) is 36.3 Å². The van der Waals surface area contributed by atoms with Gasteiger partial charge in [0.15, 0.2) is 12.4 Å². The van der Waals surface area contributed by atoms with Crippen molar-refractivity contribution in [2.75, 3.05) is 4.72 Å². The maximum atomic E-state index is 12.9. The van der Waals surface area contributed by atoms with Crippen LogP contribution >= 0.6 is 0 Å². The van der Waals surface area contributed by atoms with Crippen LogP contribution < -0.4 is 4.72 Å². The number of nitrogens with zero attached hydrogens (tertiary/aromatic N) is 2. The molecule has 0 spiro atoms. The van der Waals surface area contributed by atoms with Crippen LogP contribution in [0.2, 0.25) is 0 Å². The monoisotopic (exact) mass is 429 g/mol. The minimum atomic E-state index is -3.89. The summed E-state index contributed by atoms with van der Waals surface area (Å²) in [5.41, 5.74) is 1.63. The molecule has 0 aliphatic heterocycles. The molecule has 1 heterocycles. The molecular formula is C21H23N3O5S. The molecule has 0 radical (unpaired) electrons. The van der Waals surface area contributed by atoms with E-state index in [1.807, 2.05) is 19.9 Å². The zero-order valence-corrected chi connectivity index (χ0v) is 17.8. The first-order valence-electron chi connectivity index (χ1n) is 9.48. The molecule has 2 aromatic carbocycles. The summed E-state index contributed by atoms with van der Waals surface area (Å²) in [7, 11) is -3.89. The molecule has 0 aliphatic carbocycles. The topological polar surface area (TPSA) is 111 Å². The van der Waals surface area contributed by atoms with Gasteiger partial charge in [0.2, 0.25) is 0 Å². The van der Waals surface area contributed by atoms with Gasteiger partial charge >= 0.3 is 5.97 Å². The maximum absolute atomic E-state index is 12.9. The van der Waals surface area contributed by atoms with E-state index in [9.17, 15) is 13.2 Å². The summed E-state index contributed by atoms with van der Waals surface area (Å²) in [6, 6.07) is 11.4. The molecule has 0 fully saturated rings. The molecule has 1 N–H and O–H groups in total. The number of hydrogen-bond acceptors (Lipinski definition) is 7. The molecule has 158 valence electrons. The number of carbonyl (C=O) groups is 1. The number of rotatable bonds is 8. The Balaban J connectivity index is 1.78. The van der Waals surface area contributed by atoms with E-state index in [0.717, 1.165) is 12.0 Å². The van der Waals surface area contributed by atoms with Crippen molar-refractivity contribution in [3.8, 4) is 0 Å². The summed E-state index contributed by atoms with van der Waals surface area (Å²) in [5.74, 6) is 0.0231. The van der Waals surface area contributed by atoms with Crippen molar-refractivity contribution in [1.82, 2.24) is 10.1 Å². The number of anilines is 1. The van der Waals surface area contributed by atoms with Crippen molar-refractivity contribution in [3.63, 3.8) is 0 Å². The number of benzene rings is 2. The van der Waals surface area contributed by atoms with Crippen LogP contribution in [0.25, 0.3) is 0 Å². The molecule has 9 heteroatoms. The Labute approximate surface area is 175 Å². The second-order valence-electron chi connectivity index (χ2n) is 6.85. The van der Waals surface area contributed by atoms with E-state index in [-0.39, 0.29) is 28.6 Å². The predicted molar refractivity (Wildman–Crippen MR) is 111 cm³/mol. The van der Waals surface area contributed by atoms with Crippen LogP contribution in [0, 0.1) is 13.8 Å². The number of para-hydroxylation sites is 1. The molecule has 0 aliphatic rings. The molecule has 0 saturated heterocycles. The average molecular weight is 429 g/mol. The van der Waals surface area contributed by atoms with Crippen LogP contribution in [-0.4, -0.2) is 24.5 Å². The van der Waals surface area contributed by atoms with Crippen LogP contribution in [0.1, 0.15) is 46.5 Å². The number of aryl methyl sites for hydroxylation is 3. The quantitative estimate of drug-likeness (QED) is 0.542. The number of esters is 1. The Morgan fingerprint density at radius 3 is 2.70 bits per heavy atom. The van der Waals surface area contributed by atoms with Gasteiger partial charge in [0, 0.05) is 6.42 Å². The predicted octanol–water partition coefficient (Wildman–Crippen LogP) is 3.80. The Morgan fingerprint density at radius 1 is 1.17 bits per heavy atom. The van der Waals surface area contributed by atoms with Gasteiger partial charge in [-0.3, -0.25) is 4.72 Å². The van der Waals surface area contributed by atoms with Crippen molar-refractivity contribution < 1.29 is 22.5 Å². The van der Waals surface area contributed by atoms with E-state index in [0.29, 0.717) is 17.8 Å². The third-order valence-electron chi connectivity index (χ3n) is 4.33. The molecule has 3 aromatic rings. The lowest BCUT2D eigenvalue weighted by molar-refractivity contribution is 0.0431. The summed E-state index contributed by atoms with van der Waals surface area (Å²) in [4.78, 5) is 16.9. The number of nitrogens with one attached hydrogen (secondary N) is 1. The Morgan fingerprint density at radius 2 is 1.93 bits per heavy atom. The van der Waals surface area contributed by atoms with Crippen molar-refractivity contribution in [1.29, 1.82) is 0 Å². The zero-order valence-electron chi connectivity index (χ0n) is 17.0. The van der Waals surface area contributed by atoms with Gasteiger partial charge in [-0.15, -0.1) is 0 Å². The van der Waals surface area contributed by atoms with E-state index in [1.54, 1.807) is 31.2 Å². The highest BCUT2D eigenvalue weighted by atomic mass is 32.2. The SMILES string of the molecule is CCCc1noc(COC(=O)c2ccccc2NS(=O)(=O)c2cc(C)ccc2C)n1. The van der Waals surface area contributed by atoms with Gasteiger partial charge in [-0.05, 0) is 49.6 Å². The molecular weight excluding hydrogens is 406 g/mol. The lowest BCUT2D eigenvalue weighted by atomic mass is 10.2. The van der Waals surface area contributed by atoms with Crippen LogP contribution in [-0.2, 0) is 27.8 Å². The van der Waals surface area contributed by atoms with E-state index in [4.69, 9.17) is 9.26 Å². The van der Waals surface area contributed by atoms with Crippen LogP contribution in [0.3, 0.4) is 0 Å². The van der Waals surface area contributed by atoms with Crippen molar-refractivity contribution in [3.05, 3.63) is 70.9 Å². The highest BCUT2D eigenvalue weighted by Gasteiger charge is 2.21. The Bertz CT molecular complexity index is 1150. The summed E-state index contributed by atoms with van der Waals surface area (Å²) < 4.78 is 38.6. The van der Waals surface area contributed by atoms with Crippen LogP contribution in [0.15, 0.2) is 51.9 Å². The molecule has 0 saturated carbocycles. The maximum Gasteiger partial charge on any atom is 0.340 e. The average Bonchev–Trinajstić information content (AvgIpc) is 3.16. The lowest BCUT2D eigenvalue weighted by Gasteiger charge is -2.13. The summed E-state index contributed by atoms with van der Waals surface area (Å²) >= 11 is 0. The fraction of sp³-hybridized carbons (Fsp3) is 0.286. The normalized spacial score (nSPS) is 11.3. The third kappa shape index (κ3) is 5.04. The van der Waals surface area contributed by atoms with Crippen LogP contribution in [0.4, 0.5) is 5.69 Å². The first-order chi connectivity index (χ1) is 14.3. The lowest BCUT2D eigenvalue weighted by Crippen LogP contribution is -2.17. The molecule has 0 bridgehead atoms. The van der Waals surface area contributed by atoms with Crippen molar-refractivity contribution in [2.45, 2.75) is 45.1 Å². The molecule has 8 nitrogen and oxygen atoms in total. The fourth-order valence-corrected chi connectivity index (χ4v) is 4.24. The zero-order chi connectivity index (χ0) is 21.7. The second-order valence-corrected chi connectivity index (χ2v) is 8.50. The highest BCUT2D eigenvalue weighted by Crippen LogP contribution is 2.24. The standard InChI is InChI=1S/C21H23N3O5S/c1-4-7-19-22-20(29-23-19)13-28-21(25)16-8-5-6-9-17(16)24-30(26,27)18-12-14(2)10-11-15(18)3/h5-6,8-12,24H,4,7,13H2,1-3H3. The van der Waals surface area contributed by atoms with E-state index >= 15 is 0 Å². The van der Waals surface area contributed by atoms with Gasteiger partial charge in [-0.2, -0.15) is 4.98 Å². The molecule has 3 rings (SSSR count). The molecule has 30 heavy (non-hydrogen) atoms. The van der Waals surface area contributed by atoms with Crippen molar-refractivity contribution in [2.24, 2.45) is 0 Å². The van der Waals surface area contributed by atoms with E-state index in [2.05, 4.69) is 14.9 Å². The number of sulfonamides is 1. The van der Waals surface area contributed by atoms with Crippen LogP contribution in [0.5, 0.6) is 0 Å². The largest absolute Gasteiger partial charge is 0.452 e. The van der Waals surface area contributed by atoms with E-state index < -0.39 is 16.0 Å². The first kappa shape index (κ1) is 21.5.